The lowest BCUT2D eigenvalue weighted by molar-refractivity contribution is -0.143. The number of aromatic hydroxyl groups is 1. The fraction of sp³-hybridized carbons (Fsp3) is 0.588. The van der Waals surface area contributed by atoms with Gasteiger partial charge in [0.05, 0.1) is 29.3 Å². The molecule has 1 N–H and O–H groups in total. The van der Waals surface area contributed by atoms with Crippen LogP contribution in [-0.2, 0) is 18.8 Å². The lowest BCUT2D eigenvalue weighted by atomic mass is 9.66. The highest BCUT2D eigenvalue weighted by Gasteiger charge is 2.54. The van der Waals surface area contributed by atoms with Crippen molar-refractivity contribution in [3.63, 3.8) is 0 Å². The van der Waals surface area contributed by atoms with E-state index in [1.807, 2.05) is 27.7 Å². The molecule has 1 saturated heterocycles. The average molecular weight is 389 g/mol. The van der Waals surface area contributed by atoms with Gasteiger partial charge in [-0.05, 0) is 52.3 Å². The lowest BCUT2D eigenvalue weighted by Gasteiger charge is -2.32. The monoisotopic (exact) mass is 388 g/mol. The normalized spacial score (nSPS) is 19.7. The Labute approximate surface area is 158 Å². The smallest absolute Gasteiger partial charge is 0.466 e. The number of phenolic OH excluding ortho intramolecular Hbond substituents is 1. The van der Waals surface area contributed by atoms with Gasteiger partial charge in [0.25, 0.3) is 0 Å². The van der Waals surface area contributed by atoms with Crippen molar-refractivity contribution in [2.45, 2.75) is 58.1 Å². The maximum Gasteiger partial charge on any atom is 0.466 e. The molecular weight excluding hydrogens is 366 g/mol. The largest absolute Gasteiger partial charge is 0.506 e. The van der Waals surface area contributed by atoms with E-state index in [0.29, 0.717) is 10.6 Å². The second-order valence-electron chi connectivity index (χ2n) is 7.07. The van der Waals surface area contributed by atoms with Gasteiger partial charge in [-0.2, -0.15) is 0 Å². The summed E-state index contributed by atoms with van der Waals surface area (Å²) in [5.41, 5.74) is -0.769. The SMILES string of the molecule is CCOC(=O)CC(B1OC(C)(C)C(C)(C)O1)c1cc(Cl)cc(Cl)c1O. The van der Waals surface area contributed by atoms with Crippen molar-refractivity contribution in [2.75, 3.05) is 6.61 Å². The Bertz CT molecular complexity index is 647. The van der Waals surface area contributed by atoms with Crippen LogP contribution in [0.2, 0.25) is 10.0 Å². The summed E-state index contributed by atoms with van der Waals surface area (Å²) in [6.07, 6.45) is -0.0328. The molecule has 0 saturated carbocycles. The van der Waals surface area contributed by atoms with Crippen LogP contribution in [0.4, 0.5) is 0 Å². The standard InChI is InChI=1S/C17H23BCl2O5/c1-6-23-14(21)9-12(11-7-10(19)8-13(20)15(11)22)18-24-16(2,3)17(4,5)25-18/h7-8,12,22H,6,9H2,1-5H3. The Balaban J connectivity index is 2.43. The van der Waals surface area contributed by atoms with Crippen LogP contribution in [0, 0.1) is 0 Å². The van der Waals surface area contributed by atoms with E-state index in [2.05, 4.69) is 0 Å². The van der Waals surface area contributed by atoms with Crippen LogP contribution in [0.25, 0.3) is 0 Å². The summed E-state index contributed by atoms with van der Waals surface area (Å²) < 4.78 is 17.2. The molecule has 0 bridgehead atoms. The zero-order valence-electron chi connectivity index (χ0n) is 15.1. The number of carbonyl (C=O) groups is 1. The summed E-state index contributed by atoms with van der Waals surface area (Å²) in [6, 6.07) is 3.01. The summed E-state index contributed by atoms with van der Waals surface area (Å²) in [4.78, 5) is 12.1. The van der Waals surface area contributed by atoms with Crippen LogP contribution in [-0.4, -0.2) is 36.0 Å². The van der Waals surface area contributed by atoms with Gasteiger partial charge in [0.15, 0.2) is 0 Å². The molecule has 1 aromatic rings. The fourth-order valence-electron chi connectivity index (χ4n) is 2.67. The van der Waals surface area contributed by atoms with E-state index < -0.39 is 30.1 Å². The molecule has 5 nitrogen and oxygen atoms in total. The van der Waals surface area contributed by atoms with Gasteiger partial charge in [0.2, 0.25) is 0 Å². The molecule has 0 aromatic heterocycles. The lowest BCUT2D eigenvalue weighted by Crippen LogP contribution is -2.41. The molecule has 1 aromatic carbocycles. The van der Waals surface area contributed by atoms with Gasteiger partial charge in [-0.25, -0.2) is 0 Å². The fourth-order valence-corrected chi connectivity index (χ4v) is 3.18. The van der Waals surface area contributed by atoms with Crippen molar-refractivity contribution in [3.8, 4) is 5.75 Å². The molecule has 1 fully saturated rings. The Morgan fingerprint density at radius 1 is 1.24 bits per heavy atom. The zero-order valence-corrected chi connectivity index (χ0v) is 16.6. The second kappa shape index (κ2) is 7.35. The average Bonchev–Trinajstić information content (AvgIpc) is 2.69. The Hall–Kier alpha value is -0.945. The summed E-state index contributed by atoms with van der Waals surface area (Å²) in [5, 5.41) is 10.9. The van der Waals surface area contributed by atoms with Crippen molar-refractivity contribution >= 4 is 36.3 Å². The third-order valence-corrected chi connectivity index (χ3v) is 5.26. The van der Waals surface area contributed by atoms with Gasteiger partial charge in [-0.15, -0.1) is 0 Å². The molecular formula is C17H23BCl2O5. The minimum atomic E-state index is -0.755. The summed E-state index contributed by atoms with van der Waals surface area (Å²) >= 11 is 12.1. The van der Waals surface area contributed by atoms with E-state index in [1.54, 1.807) is 13.0 Å². The number of halogens is 2. The molecule has 1 unspecified atom stereocenters. The Morgan fingerprint density at radius 3 is 2.32 bits per heavy atom. The van der Waals surface area contributed by atoms with Gasteiger partial charge in [-0.1, -0.05) is 23.2 Å². The molecule has 25 heavy (non-hydrogen) atoms. The number of esters is 1. The van der Waals surface area contributed by atoms with E-state index >= 15 is 0 Å². The molecule has 0 radical (unpaired) electrons. The van der Waals surface area contributed by atoms with Gasteiger partial charge < -0.3 is 19.2 Å². The molecule has 2 rings (SSSR count). The molecule has 138 valence electrons. The number of phenols is 1. The highest BCUT2D eigenvalue weighted by Crippen LogP contribution is 2.45. The number of hydrogen-bond acceptors (Lipinski definition) is 5. The summed E-state index contributed by atoms with van der Waals surface area (Å²) in [5.74, 6) is -1.18. The molecule has 1 heterocycles. The van der Waals surface area contributed by atoms with Gasteiger partial charge in [-0.3, -0.25) is 4.79 Å². The first-order valence-corrected chi connectivity index (χ1v) is 8.93. The number of ether oxygens (including phenoxy) is 1. The molecule has 8 heteroatoms. The summed E-state index contributed by atoms with van der Waals surface area (Å²) in [7, 11) is -0.755. The van der Waals surface area contributed by atoms with Crippen molar-refractivity contribution < 1.29 is 23.9 Å². The molecule has 0 spiro atoms. The predicted octanol–water partition coefficient (Wildman–Crippen LogP) is 4.37. The number of benzene rings is 1. The second-order valence-corrected chi connectivity index (χ2v) is 7.91. The van der Waals surface area contributed by atoms with Crippen molar-refractivity contribution in [2.24, 2.45) is 0 Å². The van der Waals surface area contributed by atoms with Crippen LogP contribution in [0.15, 0.2) is 12.1 Å². The van der Waals surface area contributed by atoms with Crippen LogP contribution in [0.5, 0.6) is 5.75 Å². The van der Waals surface area contributed by atoms with Crippen LogP contribution in [0.3, 0.4) is 0 Å². The van der Waals surface area contributed by atoms with Crippen LogP contribution >= 0.6 is 23.2 Å². The first-order valence-electron chi connectivity index (χ1n) is 8.17. The zero-order chi connectivity index (χ0) is 19.0. The highest BCUT2D eigenvalue weighted by atomic mass is 35.5. The highest BCUT2D eigenvalue weighted by molar-refractivity contribution is 6.48. The molecule has 1 aliphatic heterocycles. The quantitative estimate of drug-likeness (QED) is 0.599. The predicted molar refractivity (Wildman–Crippen MR) is 98.2 cm³/mol. The minimum absolute atomic E-state index is 0.0328. The van der Waals surface area contributed by atoms with Gasteiger partial charge in [0, 0.05) is 10.8 Å². The van der Waals surface area contributed by atoms with E-state index in [0.717, 1.165) is 0 Å². The first-order chi connectivity index (χ1) is 11.5. The third-order valence-electron chi connectivity index (χ3n) is 4.75. The third kappa shape index (κ3) is 4.25. The maximum atomic E-state index is 12.1. The molecule has 0 amide bonds. The van der Waals surface area contributed by atoms with Gasteiger partial charge in [0.1, 0.15) is 5.75 Å². The van der Waals surface area contributed by atoms with Crippen molar-refractivity contribution in [1.82, 2.24) is 0 Å². The minimum Gasteiger partial charge on any atom is -0.506 e. The maximum absolute atomic E-state index is 12.1. The van der Waals surface area contributed by atoms with E-state index in [9.17, 15) is 9.90 Å². The first kappa shape index (κ1) is 20.4. The summed E-state index contributed by atoms with van der Waals surface area (Å²) in [6.45, 7) is 9.66. The van der Waals surface area contributed by atoms with Crippen molar-refractivity contribution in [3.05, 3.63) is 27.7 Å². The van der Waals surface area contributed by atoms with Gasteiger partial charge >= 0.3 is 13.1 Å². The van der Waals surface area contributed by atoms with Crippen LogP contribution < -0.4 is 0 Å². The van der Waals surface area contributed by atoms with Crippen molar-refractivity contribution in [1.29, 1.82) is 0 Å². The number of hydrogen-bond donors (Lipinski definition) is 1. The number of carbonyl (C=O) groups excluding carboxylic acids is 1. The molecule has 1 aliphatic rings. The molecule has 1 atom stereocenters. The van der Waals surface area contributed by atoms with E-state index in [4.69, 9.17) is 37.2 Å². The Kier molecular flexibility index (Phi) is 5.99. The van der Waals surface area contributed by atoms with E-state index in [1.165, 1.54) is 6.07 Å². The molecule has 0 aliphatic carbocycles. The topological polar surface area (TPSA) is 65.0 Å². The number of rotatable bonds is 5. The van der Waals surface area contributed by atoms with Crippen LogP contribution in [0.1, 0.15) is 52.4 Å². The van der Waals surface area contributed by atoms with E-state index in [-0.39, 0.29) is 23.8 Å². The Morgan fingerprint density at radius 2 is 1.80 bits per heavy atom.